The van der Waals surface area contributed by atoms with Crippen molar-refractivity contribution in [2.24, 2.45) is 0 Å². The van der Waals surface area contributed by atoms with Crippen LogP contribution in [0.5, 0.6) is 0 Å². The summed E-state index contributed by atoms with van der Waals surface area (Å²) < 4.78 is 0. The first-order valence-corrected chi connectivity index (χ1v) is 11.6. The van der Waals surface area contributed by atoms with Gasteiger partial charge in [0.05, 0.1) is 0 Å². The maximum Gasteiger partial charge on any atom is 1.00 e. The summed E-state index contributed by atoms with van der Waals surface area (Å²) in [6.45, 7) is 2.28. The third-order valence-corrected chi connectivity index (χ3v) is 5.14. The first-order valence-electron chi connectivity index (χ1n) is 11.6. The zero-order valence-corrected chi connectivity index (χ0v) is 19.4. The van der Waals surface area contributed by atoms with E-state index in [1.807, 2.05) is 0 Å². The van der Waals surface area contributed by atoms with Crippen molar-refractivity contribution in [1.82, 2.24) is 0 Å². The van der Waals surface area contributed by atoms with Crippen molar-refractivity contribution in [2.45, 2.75) is 135 Å². The minimum Gasteiger partial charge on any atom is -0.550 e. The Kier molecular flexibility index (Phi) is 28.0. The van der Waals surface area contributed by atoms with Gasteiger partial charge in [0.2, 0.25) is 0 Å². The Hall–Kier alpha value is -0.0497. The SMILES string of the molecule is CCCCCCCCCCCC=CCCCCCCCCCCC(=O)[O-].[Ag+]. The third-order valence-electron chi connectivity index (χ3n) is 5.14. The van der Waals surface area contributed by atoms with Gasteiger partial charge in [-0.05, 0) is 38.5 Å². The quantitative estimate of drug-likeness (QED) is 0.101. The Morgan fingerprint density at radius 3 is 1.30 bits per heavy atom. The van der Waals surface area contributed by atoms with Crippen LogP contribution in [-0.4, -0.2) is 5.97 Å². The molecule has 27 heavy (non-hydrogen) atoms. The van der Waals surface area contributed by atoms with Gasteiger partial charge in [0.15, 0.2) is 0 Å². The average molecular weight is 473 g/mol. The molecule has 0 aromatic carbocycles. The van der Waals surface area contributed by atoms with Gasteiger partial charge in [-0.3, -0.25) is 0 Å². The Labute approximate surface area is 185 Å². The van der Waals surface area contributed by atoms with Gasteiger partial charge in [0.25, 0.3) is 0 Å². The van der Waals surface area contributed by atoms with Gasteiger partial charge in [-0.15, -0.1) is 0 Å². The molecule has 2 nitrogen and oxygen atoms in total. The first kappa shape index (κ1) is 29.2. The molecule has 0 bridgehead atoms. The van der Waals surface area contributed by atoms with Gasteiger partial charge in [0, 0.05) is 5.97 Å². The Bertz CT molecular complexity index is 316. The zero-order chi connectivity index (χ0) is 19.1. The van der Waals surface area contributed by atoms with Crippen LogP contribution in [0.25, 0.3) is 0 Å². The molecule has 0 aliphatic carbocycles. The van der Waals surface area contributed by atoms with E-state index in [9.17, 15) is 9.90 Å². The minimum absolute atomic E-state index is 0. The summed E-state index contributed by atoms with van der Waals surface area (Å²) in [5, 5.41) is 10.3. The van der Waals surface area contributed by atoms with Gasteiger partial charge >= 0.3 is 22.4 Å². The molecule has 0 unspecified atom stereocenters. The number of carbonyl (C=O) groups is 1. The van der Waals surface area contributed by atoms with Crippen LogP contribution in [0.3, 0.4) is 0 Å². The van der Waals surface area contributed by atoms with Crippen molar-refractivity contribution in [3.05, 3.63) is 12.2 Å². The number of unbranched alkanes of at least 4 members (excludes halogenated alkanes) is 17. The molecule has 0 aliphatic rings. The molecule has 0 atom stereocenters. The van der Waals surface area contributed by atoms with Crippen LogP contribution >= 0.6 is 0 Å². The van der Waals surface area contributed by atoms with Crippen LogP contribution in [0.15, 0.2) is 12.2 Å². The minimum atomic E-state index is -0.907. The number of carbonyl (C=O) groups excluding carboxylic acids is 1. The van der Waals surface area contributed by atoms with E-state index in [4.69, 9.17) is 0 Å². The van der Waals surface area contributed by atoms with Gasteiger partial charge < -0.3 is 9.90 Å². The molecule has 0 fully saturated rings. The second-order valence-corrected chi connectivity index (χ2v) is 7.83. The molecule has 0 spiro atoms. The first-order chi connectivity index (χ1) is 12.8. The number of rotatable bonds is 21. The van der Waals surface area contributed by atoms with E-state index in [-0.39, 0.29) is 28.8 Å². The standard InChI is InChI=1S/C24H46O2.Ag/c1-2-3-4-5-6-7-8-9-10-11-12-13-14-15-16-17-18-19-20-21-22-23-24(25)26;/h12-13H,2-11,14-23H2,1H3,(H,25,26);/q;+1/p-1. The number of aliphatic carboxylic acids is 1. The summed E-state index contributed by atoms with van der Waals surface area (Å²) in [4.78, 5) is 10.3. The van der Waals surface area contributed by atoms with Gasteiger partial charge in [-0.1, -0.05) is 109 Å². The molecule has 0 saturated carbocycles. The van der Waals surface area contributed by atoms with Crippen LogP contribution < -0.4 is 5.11 Å². The van der Waals surface area contributed by atoms with E-state index in [2.05, 4.69) is 19.1 Å². The normalized spacial score (nSPS) is 11.0. The fraction of sp³-hybridized carbons (Fsp3) is 0.875. The van der Waals surface area contributed by atoms with E-state index < -0.39 is 5.97 Å². The molecule has 164 valence electrons. The van der Waals surface area contributed by atoms with Gasteiger partial charge in [-0.25, -0.2) is 0 Å². The number of allylic oxidation sites excluding steroid dienone is 2. The summed E-state index contributed by atoms with van der Waals surface area (Å²) in [6.07, 6.45) is 29.7. The van der Waals surface area contributed by atoms with E-state index in [0.29, 0.717) is 0 Å². The average Bonchev–Trinajstić information content (AvgIpc) is 2.62. The van der Waals surface area contributed by atoms with Gasteiger partial charge in [0.1, 0.15) is 0 Å². The van der Waals surface area contributed by atoms with Crippen LogP contribution in [0.1, 0.15) is 135 Å². The Morgan fingerprint density at radius 2 is 0.926 bits per heavy atom. The second kappa shape index (κ2) is 26.0. The summed E-state index contributed by atoms with van der Waals surface area (Å²) in [5.41, 5.74) is 0. The molecule has 0 rings (SSSR count). The maximum atomic E-state index is 10.3. The summed E-state index contributed by atoms with van der Waals surface area (Å²) in [6, 6.07) is 0. The summed E-state index contributed by atoms with van der Waals surface area (Å²) in [5.74, 6) is -0.907. The molecule has 0 aliphatic heterocycles. The molecule has 0 radical (unpaired) electrons. The van der Waals surface area contributed by atoms with Crippen LogP contribution in [0, 0.1) is 0 Å². The molecule has 0 aromatic heterocycles. The smallest absolute Gasteiger partial charge is 0.550 e. The van der Waals surface area contributed by atoms with E-state index in [1.165, 1.54) is 109 Å². The van der Waals surface area contributed by atoms with E-state index in [1.54, 1.807) is 0 Å². The fourth-order valence-electron chi connectivity index (χ4n) is 3.40. The van der Waals surface area contributed by atoms with Crippen molar-refractivity contribution in [3.63, 3.8) is 0 Å². The molecule has 0 amide bonds. The van der Waals surface area contributed by atoms with E-state index in [0.717, 1.165) is 12.8 Å². The number of carboxylic acid groups (broad SMARTS) is 1. The molecular formula is C24H45AgO2. The zero-order valence-electron chi connectivity index (χ0n) is 17.9. The predicted octanol–water partition coefficient (Wildman–Crippen LogP) is 7.11. The molecule has 3 heteroatoms. The van der Waals surface area contributed by atoms with Gasteiger partial charge in [-0.2, -0.15) is 0 Å². The Morgan fingerprint density at radius 1 is 0.593 bits per heavy atom. The summed E-state index contributed by atoms with van der Waals surface area (Å²) in [7, 11) is 0. The van der Waals surface area contributed by atoms with Crippen molar-refractivity contribution >= 4 is 5.97 Å². The molecule has 0 saturated heterocycles. The number of carboxylic acids is 1. The number of hydrogen-bond acceptors (Lipinski definition) is 2. The largest absolute Gasteiger partial charge is 1.00 e. The second-order valence-electron chi connectivity index (χ2n) is 7.83. The molecule has 0 N–H and O–H groups in total. The maximum absolute atomic E-state index is 10.3. The fourth-order valence-corrected chi connectivity index (χ4v) is 3.40. The molecule has 0 aromatic rings. The molecular weight excluding hydrogens is 428 g/mol. The number of hydrogen-bond donors (Lipinski definition) is 0. The molecule has 0 heterocycles. The monoisotopic (exact) mass is 472 g/mol. The van der Waals surface area contributed by atoms with Crippen LogP contribution in [0.4, 0.5) is 0 Å². The topological polar surface area (TPSA) is 40.1 Å². The Balaban J connectivity index is 0. The third kappa shape index (κ3) is 28.3. The van der Waals surface area contributed by atoms with Crippen LogP contribution in [-0.2, 0) is 27.2 Å². The van der Waals surface area contributed by atoms with Crippen molar-refractivity contribution in [3.8, 4) is 0 Å². The van der Waals surface area contributed by atoms with Crippen molar-refractivity contribution < 1.29 is 32.3 Å². The van der Waals surface area contributed by atoms with Crippen LogP contribution in [0.2, 0.25) is 0 Å². The van der Waals surface area contributed by atoms with E-state index >= 15 is 0 Å². The van der Waals surface area contributed by atoms with Crippen molar-refractivity contribution in [1.29, 1.82) is 0 Å². The summed E-state index contributed by atoms with van der Waals surface area (Å²) >= 11 is 0. The predicted molar refractivity (Wildman–Crippen MR) is 112 cm³/mol. The van der Waals surface area contributed by atoms with Crippen molar-refractivity contribution in [2.75, 3.05) is 0 Å².